The summed E-state index contributed by atoms with van der Waals surface area (Å²) in [7, 11) is 4.64. The minimum Gasteiger partial charge on any atom is -0.467 e. The van der Waals surface area contributed by atoms with Crippen molar-refractivity contribution in [1.82, 2.24) is 15.1 Å². The number of rotatable bonds is 6. The van der Waals surface area contributed by atoms with Crippen LogP contribution in [0.1, 0.15) is 30.8 Å². The normalized spacial score (nSPS) is 11.9. The molecule has 116 valence electrons. The molecule has 0 spiro atoms. The van der Waals surface area contributed by atoms with Gasteiger partial charge in [0.05, 0.1) is 7.11 Å². The van der Waals surface area contributed by atoms with Gasteiger partial charge in [0.1, 0.15) is 11.9 Å². The van der Waals surface area contributed by atoms with Gasteiger partial charge in [0.15, 0.2) is 5.69 Å². The Kier molecular flexibility index (Phi) is 6.08. The Balaban J connectivity index is 2.80. The van der Waals surface area contributed by atoms with Gasteiger partial charge in [-0.2, -0.15) is 0 Å². The number of methoxy groups -OCH3 is 1. The minimum absolute atomic E-state index is 0.222. The molecule has 0 aromatic carbocycles. The molecule has 0 saturated carbocycles. The molecule has 1 amide bonds. The van der Waals surface area contributed by atoms with Crippen LogP contribution < -0.4 is 5.32 Å². The van der Waals surface area contributed by atoms with Crippen LogP contribution in [0.5, 0.6) is 0 Å². The number of anilines is 1. The summed E-state index contributed by atoms with van der Waals surface area (Å²) in [5.74, 6) is 0.185. The maximum Gasteiger partial charge on any atom is 0.328 e. The number of carbonyl (C=O) groups excluding carboxylic acids is 2. The van der Waals surface area contributed by atoms with Gasteiger partial charge < -0.3 is 15.0 Å². The maximum absolute atomic E-state index is 11.7. The fourth-order valence-corrected chi connectivity index (χ4v) is 1.76. The van der Waals surface area contributed by atoms with Gasteiger partial charge in [0, 0.05) is 14.1 Å². The molecule has 7 heteroatoms. The number of amides is 1. The fraction of sp³-hybridized carbons (Fsp3) is 0.571. The number of esters is 1. The lowest BCUT2D eigenvalue weighted by Gasteiger charge is -2.18. The lowest BCUT2D eigenvalue weighted by Crippen LogP contribution is -2.32. The van der Waals surface area contributed by atoms with Gasteiger partial charge in [-0.05, 0) is 24.5 Å². The molecule has 0 aliphatic carbocycles. The summed E-state index contributed by atoms with van der Waals surface area (Å²) < 4.78 is 4.77. The van der Waals surface area contributed by atoms with Gasteiger partial charge in [0.2, 0.25) is 0 Å². The largest absolute Gasteiger partial charge is 0.467 e. The first-order valence-electron chi connectivity index (χ1n) is 6.75. The maximum atomic E-state index is 11.7. The highest BCUT2D eigenvalue weighted by atomic mass is 16.5. The smallest absolute Gasteiger partial charge is 0.328 e. The van der Waals surface area contributed by atoms with Crippen molar-refractivity contribution in [3.8, 4) is 0 Å². The highest BCUT2D eigenvalue weighted by Crippen LogP contribution is 2.12. The summed E-state index contributed by atoms with van der Waals surface area (Å²) in [6.07, 6.45) is 0.618. The van der Waals surface area contributed by atoms with Crippen LogP contribution in [0, 0.1) is 5.92 Å². The van der Waals surface area contributed by atoms with Gasteiger partial charge in [-0.15, -0.1) is 10.2 Å². The number of hydrogen-bond acceptors (Lipinski definition) is 6. The molecule has 0 radical (unpaired) electrons. The first-order valence-corrected chi connectivity index (χ1v) is 6.75. The molecule has 1 atom stereocenters. The van der Waals surface area contributed by atoms with E-state index in [4.69, 9.17) is 4.74 Å². The van der Waals surface area contributed by atoms with Crippen molar-refractivity contribution in [1.29, 1.82) is 0 Å². The van der Waals surface area contributed by atoms with Crippen LogP contribution in [0.4, 0.5) is 5.82 Å². The van der Waals surface area contributed by atoms with Crippen LogP contribution in [-0.2, 0) is 9.53 Å². The van der Waals surface area contributed by atoms with Crippen molar-refractivity contribution < 1.29 is 14.3 Å². The minimum atomic E-state index is -0.486. The number of aromatic nitrogens is 2. The molecule has 1 unspecified atom stereocenters. The van der Waals surface area contributed by atoms with Crippen LogP contribution >= 0.6 is 0 Å². The van der Waals surface area contributed by atoms with E-state index in [2.05, 4.69) is 15.5 Å². The molecule has 0 aliphatic heterocycles. The second-order valence-corrected chi connectivity index (χ2v) is 5.35. The molecule has 7 nitrogen and oxygen atoms in total. The lowest BCUT2D eigenvalue weighted by molar-refractivity contribution is -0.141. The molecule has 1 N–H and O–H groups in total. The Morgan fingerprint density at radius 2 is 1.95 bits per heavy atom. The predicted octanol–water partition coefficient (Wildman–Crippen LogP) is 1.18. The van der Waals surface area contributed by atoms with Crippen molar-refractivity contribution in [2.24, 2.45) is 5.92 Å². The summed E-state index contributed by atoms with van der Waals surface area (Å²) >= 11 is 0. The monoisotopic (exact) mass is 294 g/mol. The van der Waals surface area contributed by atoms with E-state index in [1.165, 1.54) is 12.0 Å². The summed E-state index contributed by atoms with van der Waals surface area (Å²) in [6, 6.07) is 2.71. The predicted molar refractivity (Wildman–Crippen MR) is 78.9 cm³/mol. The van der Waals surface area contributed by atoms with Crippen molar-refractivity contribution in [3.05, 3.63) is 17.8 Å². The molecular formula is C14H22N4O3. The average molecular weight is 294 g/mol. The summed E-state index contributed by atoms with van der Waals surface area (Å²) in [5.41, 5.74) is 0.254. The summed E-state index contributed by atoms with van der Waals surface area (Å²) in [5, 5.41) is 10.8. The Morgan fingerprint density at radius 3 is 2.38 bits per heavy atom. The zero-order valence-corrected chi connectivity index (χ0v) is 13.1. The summed E-state index contributed by atoms with van der Waals surface area (Å²) in [6.45, 7) is 4.03. The van der Waals surface area contributed by atoms with Gasteiger partial charge in [-0.3, -0.25) is 4.79 Å². The number of ether oxygens (including phenoxy) is 1. The number of carbonyl (C=O) groups is 2. The number of nitrogens with zero attached hydrogens (tertiary/aromatic N) is 3. The third-order valence-electron chi connectivity index (χ3n) is 2.80. The first kappa shape index (κ1) is 16.9. The van der Waals surface area contributed by atoms with E-state index in [9.17, 15) is 9.59 Å². The van der Waals surface area contributed by atoms with Crippen molar-refractivity contribution in [2.75, 3.05) is 26.5 Å². The van der Waals surface area contributed by atoms with E-state index < -0.39 is 6.04 Å². The van der Waals surface area contributed by atoms with E-state index in [1.807, 2.05) is 13.8 Å². The molecule has 0 aliphatic rings. The Bertz CT molecular complexity index is 485. The summed E-state index contributed by atoms with van der Waals surface area (Å²) in [4.78, 5) is 24.9. The van der Waals surface area contributed by atoms with Crippen LogP contribution in [0.2, 0.25) is 0 Å². The average Bonchev–Trinajstić information content (AvgIpc) is 2.45. The highest BCUT2D eigenvalue weighted by Gasteiger charge is 2.21. The Hall–Kier alpha value is -2.18. The van der Waals surface area contributed by atoms with E-state index in [-0.39, 0.29) is 17.6 Å². The number of nitrogens with one attached hydrogen (secondary N) is 1. The number of hydrogen-bond donors (Lipinski definition) is 1. The molecular weight excluding hydrogens is 272 g/mol. The molecule has 1 heterocycles. The highest BCUT2D eigenvalue weighted by molar-refractivity contribution is 5.91. The molecule has 1 aromatic heterocycles. The molecule has 0 bridgehead atoms. The zero-order valence-electron chi connectivity index (χ0n) is 13.1. The van der Waals surface area contributed by atoms with Gasteiger partial charge >= 0.3 is 5.97 Å². The Morgan fingerprint density at radius 1 is 1.29 bits per heavy atom. The van der Waals surface area contributed by atoms with Crippen LogP contribution in [-0.4, -0.2) is 54.2 Å². The van der Waals surface area contributed by atoms with Crippen molar-refractivity contribution >= 4 is 17.7 Å². The topological polar surface area (TPSA) is 84.4 Å². The second-order valence-electron chi connectivity index (χ2n) is 5.35. The van der Waals surface area contributed by atoms with Gasteiger partial charge in [0.25, 0.3) is 5.91 Å². The van der Waals surface area contributed by atoms with E-state index in [0.29, 0.717) is 18.2 Å². The first-order chi connectivity index (χ1) is 9.85. The third-order valence-corrected chi connectivity index (χ3v) is 2.80. The van der Waals surface area contributed by atoms with Gasteiger partial charge in [-0.1, -0.05) is 13.8 Å². The second kappa shape index (κ2) is 7.56. The van der Waals surface area contributed by atoms with Crippen molar-refractivity contribution in [2.45, 2.75) is 26.3 Å². The van der Waals surface area contributed by atoms with Crippen LogP contribution in [0.3, 0.4) is 0 Å². The third kappa shape index (κ3) is 5.02. The van der Waals surface area contributed by atoms with Crippen molar-refractivity contribution in [3.63, 3.8) is 0 Å². The van der Waals surface area contributed by atoms with Crippen LogP contribution in [0.15, 0.2) is 12.1 Å². The SMILES string of the molecule is COC(=O)C(CC(C)C)Nc1ccc(C(=O)N(C)C)nn1. The quantitative estimate of drug-likeness (QED) is 0.793. The van der Waals surface area contributed by atoms with E-state index in [1.54, 1.807) is 26.2 Å². The standard InChI is InChI=1S/C14H22N4O3/c1-9(2)8-11(14(20)21-5)15-12-7-6-10(16-17-12)13(19)18(3)4/h6-7,9,11H,8H2,1-5H3,(H,15,17). The lowest BCUT2D eigenvalue weighted by atomic mass is 10.0. The van der Waals surface area contributed by atoms with E-state index in [0.717, 1.165) is 0 Å². The zero-order chi connectivity index (χ0) is 16.0. The fourth-order valence-electron chi connectivity index (χ4n) is 1.76. The molecule has 0 saturated heterocycles. The molecule has 1 aromatic rings. The van der Waals surface area contributed by atoms with Crippen LogP contribution in [0.25, 0.3) is 0 Å². The molecule has 1 rings (SSSR count). The molecule has 0 fully saturated rings. The van der Waals surface area contributed by atoms with E-state index >= 15 is 0 Å². The molecule has 21 heavy (non-hydrogen) atoms. The van der Waals surface area contributed by atoms with Gasteiger partial charge in [-0.25, -0.2) is 4.79 Å². The Labute approximate surface area is 124 Å².